The fourth-order valence-corrected chi connectivity index (χ4v) is 3.50. The van der Waals surface area contributed by atoms with E-state index < -0.39 is 5.97 Å². The zero-order valence-corrected chi connectivity index (χ0v) is 10.8. The summed E-state index contributed by atoms with van der Waals surface area (Å²) in [7, 11) is 0. The summed E-state index contributed by atoms with van der Waals surface area (Å²) >= 11 is 0. The predicted molar refractivity (Wildman–Crippen MR) is 66.7 cm³/mol. The summed E-state index contributed by atoms with van der Waals surface area (Å²) in [5.41, 5.74) is 5.49. The third-order valence-corrected chi connectivity index (χ3v) is 4.47. The minimum Gasteiger partial charge on any atom is -0.481 e. The van der Waals surface area contributed by atoms with Gasteiger partial charge in [0.2, 0.25) is 5.91 Å². The zero-order chi connectivity index (χ0) is 13.3. The number of amides is 1. The summed E-state index contributed by atoms with van der Waals surface area (Å²) in [6.45, 7) is 2.40. The molecule has 1 amide bonds. The molecule has 0 aromatic heterocycles. The van der Waals surface area contributed by atoms with Gasteiger partial charge in [-0.3, -0.25) is 9.59 Å². The average Bonchev–Trinajstić information content (AvgIpc) is 2.88. The van der Waals surface area contributed by atoms with Crippen LogP contribution in [0.25, 0.3) is 0 Å². The number of hydrogen-bond acceptors (Lipinski definition) is 3. The number of hydrogen-bond donors (Lipinski definition) is 3. The van der Waals surface area contributed by atoms with Crippen molar-refractivity contribution in [3.05, 3.63) is 0 Å². The van der Waals surface area contributed by atoms with Gasteiger partial charge in [0.25, 0.3) is 0 Å². The van der Waals surface area contributed by atoms with Crippen molar-refractivity contribution in [2.24, 2.45) is 29.4 Å². The Hall–Kier alpha value is -1.10. The maximum absolute atomic E-state index is 11.9. The molecule has 5 heteroatoms. The average molecular weight is 254 g/mol. The Morgan fingerprint density at radius 1 is 1.39 bits per heavy atom. The number of aliphatic carboxylic acids is 1. The highest BCUT2D eigenvalue weighted by Gasteiger charge is 2.51. The van der Waals surface area contributed by atoms with Gasteiger partial charge in [-0.2, -0.15) is 0 Å². The smallest absolute Gasteiger partial charge is 0.308 e. The van der Waals surface area contributed by atoms with Crippen molar-refractivity contribution in [2.75, 3.05) is 6.54 Å². The number of carbonyl (C=O) groups is 2. The van der Waals surface area contributed by atoms with Gasteiger partial charge in [0.1, 0.15) is 0 Å². The Morgan fingerprint density at radius 2 is 2.06 bits per heavy atom. The van der Waals surface area contributed by atoms with Crippen LogP contribution in [0.4, 0.5) is 0 Å². The minimum atomic E-state index is -0.764. The molecule has 2 aliphatic rings. The monoisotopic (exact) mass is 254 g/mol. The summed E-state index contributed by atoms with van der Waals surface area (Å²) in [6, 6.07) is -0.168. The Bertz CT molecular complexity index is 345. The lowest BCUT2D eigenvalue weighted by Crippen LogP contribution is -2.47. The molecule has 0 spiro atoms. The summed E-state index contributed by atoms with van der Waals surface area (Å²) in [6.07, 6.45) is 3.38. The molecule has 2 bridgehead atoms. The van der Waals surface area contributed by atoms with E-state index in [1.807, 2.05) is 6.92 Å². The SMILES string of the molecule is CC(CN)CC(=O)NC1C2CCC(C2)C1C(=O)O. The second kappa shape index (κ2) is 5.26. The number of nitrogens with two attached hydrogens (primary N) is 1. The molecule has 0 heterocycles. The van der Waals surface area contributed by atoms with Crippen molar-refractivity contribution in [2.45, 2.75) is 38.6 Å². The van der Waals surface area contributed by atoms with E-state index in [4.69, 9.17) is 5.73 Å². The molecule has 4 N–H and O–H groups in total. The van der Waals surface area contributed by atoms with Crippen LogP contribution in [-0.4, -0.2) is 29.6 Å². The van der Waals surface area contributed by atoms with Crippen LogP contribution in [0.15, 0.2) is 0 Å². The molecule has 5 unspecified atom stereocenters. The molecule has 0 saturated heterocycles. The van der Waals surface area contributed by atoms with E-state index in [1.54, 1.807) is 0 Å². The lowest BCUT2D eigenvalue weighted by atomic mass is 9.84. The first kappa shape index (κ1) is 13.3. The van der Waals surface area contributed by atoms with Gasteiger partial charge in [-0.15, -0.1) is 0 Å². The van der Waals surface area contributed by atoms with E-state index in [0.717, 1.165) is 19.3 Å². The number of nitrogens with one attached hydrogen (secondary N) is 1. The van der Waals surface area contributed by atoms with E-state index in [0.29, 0.717) is 18.9 Å². The topological polar surface area (TPSA) is 92.4 Å². The van der Waals surface area contributed by atoms with Crippen molar-refractivity contribution in [3.8, 4) is 0 Å². The van der Waals surface area contributed by atoms with Gasteiger partial charge >= 0.3 is 5.97 Å². The summed E-state index contributed by atoms with van der Waals surface area (Å²) in [4.78, 5) is 23.1. The van der Waals surface area contributed by atoms with Crippen LogP contribution >= 0.6 is 0 Å². The summed E-state index contributed by atoms with van der Waals surface area (Å²) in [5.74, 6) is -0.457. The first-order valence-corrected chi connectivity index (χ1v) is 6.75. The van der Waals surface area contributed by atoms with Crippen molar-refractivity contribution in [1.82, 2.24) is 5.32 Å². The van der Waals surface area contributed by atoms with Crippen molar-refractivity contribution in [3.63, 3.8) is 0 Å². The number of rotatable bonds is 5. The largest absolute Gasteiger partial charge is 0.481 e. The van der Waals surface area contributed by atoms with Crippen LogP contribution in [0.5, 0.6) is 0 Å². The number of carboxylic acid groups (broad SMARTS) is 1. The fraction of sp³-hybridized carbons (Fsp3) is 0.846. The minimum absolute atomic E-state index is 0.0586. The Morgan fingerprint density at radius 3 is 2.67 bits per heavy atom. The molecular weight excluding hydrogens is 232 g/mol. The highest BCUT2D eigenvalue weighted by molar-refractivity contribution is 5.79. The predicted octanol–water partition coefficient (Wildman–Crippen LogP) is 0.587. The lowest BCUT2D eigenvalue weighted by Gasteiger charge is -2.29. The molecular formula is C13H22N2O3. The molecule has 2 saturated carbocycles. The van der Waals surface area contributed by atoms with Gasteiger partial charge in [0.15, 0.2) is 0 Å². The second-order valence-electron chi connectivity index (χ2n) is 5.84. The number of carbonyl (C=O) groups excluding carboxylic acids is 1. The molecule has 0 aromatic rings. The van der Waals surface area contributed by atoms with Gasteiger partial charge in [-0.1, -0.05) is 6.92 Å². The van der Waals surface area contributed by atoms with E-state index in [9.17, 15) is 14.7 Å². The van der Waals surface area contributed by atoms with Crippen molar-refractivity contribution >= 4 is 11.9 Å². The Balaban J connectivity index is 1.95. The fourth-order valence-electron chi connectivity index (χ4n) is 3.50. The van der Waals surface area contributed by atoms with Gasteiger partial charge < -0.3 is 16.2 Å². The Kier molecular flexibility index (Phi) is 3.90. The van der Waals surface area contributed by atoms with Gasteiger partial charge in [0.05, 0.1) is 5.92 Å². The van der Waals surface area contributed by atoms with Gasteiger partial charge in [-0.05, 0) is 43.6 Å². The number of fused-ring (bicyclic) bond motifs is 2. The lowest BCUT2D eigenvalue weighted by molar-refractivity contribution is -0.144. The molecule has 2 rings (SSSR count). The van der Waals surface area contributed by atoms with Gasteiger partial charge in [0, 0.05) is 12.5 Å². The zero-order valence-electron chi connectivity index (χ0n) is 10.8. The van der Waals surface area contributed by atoms with E-state index in [-0.39, 0.29) is 29.7 Å². The van der Waals surface area contributed by atoms with Crippen LogP contribution in [-0.2, 0) is 9.59 Å². The first-order valence-electron chi connectivity index (χ1n) is 6.75. The maximum atomic E-state index is 11.9. The van der Waals surface area contributed by atoms with Crippen LogP contribution in [0, 0.1) is 23.7 Å². The van der Waals surface area contributed by atoms with Crippen LogP contribution < -0.4 is 11.1 Å². The highest BCUT2D eigenvalue weighted by atomic mass is 16.4. The third kappa shape index (κ3) is 2.51. The Labute approximate surface area is 107 Å². The molecule has 18 heavy (non-hydrogen) atoms. The number of carboxylic acids is 1. The molecule has 102 valence electrons. The second-order valence-corrected chi connectivity index (χ2v) is 5.84. The quantitative estimate of drug-likeness (QED) is 0.669. The summed E-state index contributed by atoms with van der Waals surface area (Å²) < 4.78 is 0. The molecule has 5 nitrogen and oxygen atoms in total. The molecule has 2 aliphatic carbocycles. The molecule has 0 aliphatic heterocycles. The normalized spacial score (nSPS) is 35.4. The molecule has 2 fully saturated rings. The first-order chi connectivity index (χ1) is 8.52. The van der Waals surface area contributed by atoms with E-state index in [2.05, 4.69) is 5.32 Å². The van der Waals surface area contributed by atoms with Crippen LogP contribution in [0.2, 0.25) is 0 Å². The van der Waals surface area contributed by atoms with Crippen LogP contribution in [0.3, 0.4) is 0 Å². The molecule has 0 radical (unpaired) electrons. The van der Waals surface area contributed by atoms with Crippen molar-refractivity contribution in [1.29, 1.82) is 0 Å². The maximum Gasteiger partial charge on any atom is 0.308 e. The van der Waals surface area contributed by atoms with Crippen LogP contribution in [0.1, 0.15) is 32.6 Å². The van der Waals surface area contributed by atoms with E-state index >= 15 is 0 Å². The molecule has 5 atom stereocenters. The summed E-state index contributed by atoms with van der Waals surface area (Å²) in [5, 5.41) is 12.2. The van der Waals surface area contributed by atoms with Crippen molar-refractivity contribution < 1.29 is 14.7 Å². The highest BCUT2D eigenvalue weighted by Crippen LogP contribution is 2.48. The van der Waals surface area contributed by atoms with Gasteiger partial charge in [-0.25, -0.2) is 0 Å². The third-order valence-electron chi connectivity index (χ3n) is 4.47. The standard InChI is InChI=1S/C13H22N2O3/c1-7(6-14)4-10(16)15-12-9-3-2-8(5-9)11(12)13(17)18/h7-9,11-12H,2-6,14H2,1H3,(H,15,16)(H,17,18). The molecule has 0 aromatic carbocycles. The van der Waals surface area contributed by atoms with E-state index in [1.165, 1.54) is 0 Å².